The summed E-state index contributed by atoms with van der Waals surface area (Å²) >= 11 is 8.42. The van der Waals surface area contributed by atoms with Gasteiger partial charge in [0, 0.05) is 4.43 Å². The molecule has 0 unspecified atom stereocenters. The lowest BCUT2D eigenvalue weighted by Gasteiger charge is -2.33. The predicted octanol–water partition coefficient (Wildman–Crippen LogP) is 5.21. The smallest absolute Gasteiger partial charge is 0.229 e. The summed E-state index contributed by atoms with van der Waals surface area (Å²) < 4.78 is 32.8. The third-order valence-corrected chi connectivity index (χ3v) is 10.5. The van der Waals surface area contributed by atoms with E-state index in [-0.39, 0.29) is 6.10 Å². The van der Waals surface area contributed by atoms with E-state index in [9.17, 15) is 8.42 Å². The zero-order valence-corrected chi connectivity index (χ0v) is 18.8. The molecule has 0 fully saturated rings. The van der Waals surface area contributed by atoms with Gasteiger partial charge in [-0.05, 0) is 35.8 Å². The van der Waals surface area contributed by atoms with Gasteiger partial charge >= 0.3 is 0 Å². The van der Waals surface area contributed by atoms with E-state index >= 15 is 0 Å². The fourth-order valence-corrected chi connectivity index (χ4v) is 7.15. The van der Waals surface area contributed by atoms with Crippen LogP contribution in [-0.2, 0) is 14.4 Å². The van der Waals surface area contributed by atoms with E-state index in [1.807, 2.05) is 6.07 Å². The highest BCUT2D eigenvalue weighted by atomic mass is 127. The fourth-order valence-electron chi connectivity index (χ4n) is 2.51. The summed E-state index contributed by atoms with van der Waals surface area (Å²) in [5.74, 6) is 0. The van der Waals surface area contributed by atoms with Crippen molar-refractivity contribution in [2.24, 2.45) is 0 Å². The van der Waals surface area contributed by atoms with Crippen molar-refractivity contribution >= 4 is 58.2 Å². The zero-order chi connectivity index (χ0) is 17.7. The molecule has 0 heterocycles. The van der Waals surface area contributed by atoms with Crippen molar-refractivity contribution in [2.45, 2.75) is 45.0 Å². The van der Waals surface area contributed by atoms with E-state index in [1.165, 1.54) is 0 Å². The maximum atomic E-state index is 11.5. The summed E-state index contributed by atoms with van der Waals surface area (Å²) in [6, 6.07) is 8.66. The standard InChI is InChI=1S/C15H25ClINO3SSi/c1-5-23(6-2,7-3)21-15(11-17)12-8-9-13(16)14(10-12)18-22(4,19)20/h8-10,15,18H,5-7,11H2,1-4H3/t15-/m1/s1. The Kier molecular flexibility index (Phi) is 8.33. The molecular formula is C15H25ClINO3SSi. The van der Waals surface area contributed by atoms with Crippen molar-refractivity contribution in [3.63, 3.8) is 0 Å². The van der Waals surface area contributed by atoms with E-state index in [4.69, 9.17) is 16.0 Å². The third-order valence-electron chi connectivity index (χ3n) is 4.12. The molecule has 8 heteroatoms. The minimum absolute atomic E-state index is 0.0421. The molecule has 1 rings (SSSR count). The molecule has 0 aliphatic carbocycles. The highest BCUT2D eigenvalue weighted by Gasteiger charge is 2.32. The van der Waals surface area contributed by atoms with Gasteiger partial charge < -0.3 is 4.43 Å². The van der Waals surface area contributed by atoms with Crippen LogP contribution in [-0.4, -0.2) is 27.4 Å². The topological polar surface area (TPSA) is 55.4 Å². The van der Waals surface area contributed by atoms with Crippen LogP contribution in [0.4, 0.5) is 5.69 Å². The van der Waals surface area contributed by atoms with Crippen LogP contribution >= 0.6 is 34.2 Å². The van der Waals surface area contributed by atoms with Gasteiger partial charge in [-0.15, -0.1) is 0 Å². The summed E-state index contributed by atoms with van der Waals surface area (Å²) in [6.07, 6.45) is 1.07. The number of alkyl halides is 1. The van der Waals surface area contributed by atoms with Crippen LogP contribution in [0.2, 0.25) is 23.2 Å². The predicted molar refractivity (Wildman–Crippen MR) is 110 cm³/mol. The average molecular weight is 490 g/mol. The number of hydrogen-bond acceptors (Lipinski definition) is 3. The normalized spacial score (nSPS) is 13.8. The maximum Gasteiger partial charge on any atom is 0.229 e. The van der Waals surface area contributed by atoms with Gasteiger partial charge in [0.05, 0.1) is 23.1 Å². The molecule has 1 atom stereocenters. The lowest BCUT2D eigenvalue weighted by Crippen LogP contribution is -2.37. The number of benzene rings is 1. The SMILES string of the molecule is CC[Si](CC)(CC)O[C@H](CI)c1ccc(Cl)c(NS(C)(=O)=O)c1. The van der Waals surface area contributed by atoms with Gasteiger partial charge in [-0.25, -0.2) is 8.42 Å². The van der Waals surface area contributed by atoms with E-state index in [2.05, 4.69) is 48.1 Å². The number of halogens is 2. The minimum Gasteiger partial charge on any atom is -0.409 e. The first-order valence-corrected chi connectivity index (χ1v) is 14.0. The molecule has 0 saturated carbocycles. The monoisotopic (exact) mass is 489 g/mol. The summed E-state index contributed by atoms with van der Waals surface area (Å²) in [5.41, 5.74) is 1.36. The Morgan fingerprint density at radius 3 is 2.26 bits per heavy atom. The van der Waals surface area contributed by atoms with Crippen LogP contribution in [0.15, 0.2) is 18.2 Å². The zero-order valence-electron chi connectivity index (χ0n) is 14.0. The van der Waals surface area contributed by atoms with Crippen LogP contribution in [0, 0.1) is 0 Å². The van der Waals surface area contributed by atoms with Crippen LogP contribution in [0.3, 0.4) is 0 Å². The molecule has 0 bridgehead atoms. The van der Waals surface area contributed by atoms with Crippen molar-refractivity contribution in [2.75, 3.05) is 15.4 Å². The van der Waals surface area contributed by atoms with Crippen molar-refractivity contribution in [3.8, 4) is 0 Å². The first-order valence-electron chi connectivity index (χ1n) is 7.71. The molecule has 0 radical (unpaired) electrons. The quantitative estimate of drug-likeness (QED) is 0.294. The maximum absolute atomic E-state index is 11.5. The average Bonchev–Trinajstić information content (AvgIpc) is 2.50. The van der Waals surface area contributed by atoms with Gasteiger partial charge in [-0.2, -0.15) is 0 Å². The summed E-state index contributed by atoms with van der Waals surface area (Å²) in [7, 11) is -5.10. The van der Waals surface area contributed by atoms with Crippen LogP contribution < -0.4 is 4.72 Å². The van der Waals surface area contributed by atoms with Crippen molar-refractivity contribution in [1.82, 2.24) is 0 Å². The highest BCUT2D eigenvalue weighted by molar-refractivity contribution is 14.1. The summed E-state index contributed by atoms with van der Waals surface area (Å²) in [4.78, 5) is 0. The molecule has 0 saturated heterocycles. The lowest BCUT2D eigenvalue weighted by atomic mass is 10.1. The Morgan fingerprint density at radius 2 is 1.83 bits per heavy atom. The molecule has 4 nitrogen and oxygen atoms in total. The Morgan fingerprint density at radius 1 is 1.26 bits per heavy atom. The van der Waals surface area contributed by atoms with E-state index in [0.717, 1.165) is 34.4 Å². The highest BCUT2D eigenvalue weighted by Crippen LogP contribution is 2.34. The van der Waals surface area contributed by atoms with E-state index in [1.54, 1.807) is 12.1 Å². The molecule has 0 aromatic heterocycles. The lowest BCUT2D eigenvalue weighted by molar-refractivity contribution is 0.218. The number of sulfonamides is 1. The largest absolute Gasteiger partial charge is 0.409 e. The van der Waals surface area contributed by atoms with Crippen LogP contribution in [0.5, 0.6) is 0 Å². The Bertz CT molecular complexity index is 615. The molecular weight excluding hydrogens is 465 g/mol. The fraction of sp³-hybridized carbons (Fsp3) is 0.600. The Balaban J connectivity index is 3.14. The molecule has 0 aliphatic rings. The first-order chi connectivity index (χ1) is 10.7. The van der Waals surface area contributed by atoms with Crippen molar-refractivity contribution in [1.29, 1.82) is 0 Å². The van der Waals surface area contributed by atoms with Gasteiger partial charge in [0.25, 0.3) is 0 Å². The number of rotatable bonds is 9. The minimum atomic E-state index is -3.37. The number of hydrogen-bond donors (Lipinski definition) is 1. The molecule has 0 spiro atoms. The molecule has 1 aromatic rings. The molecule has 1 aromatic carbocycles. The second kappa shape index (κ2) is 9.03. The van der Waals surface area contributed by atoms with Gasteiger partial charge in [-0.3, -0.25) is 4.72 Å². The summed E-state index contributed by atoms with van der Waals surface area (Å²) in [5, 5.41) is 0.386. The van der Waals surface area contributed by atoms with Crippen molar-refractivity contribution < 1.29 is 12.8 Å². The van der Waals surface area contributed by atoms with E-state index in [0.29, 0.717) is 10.7 Å². The van der Waals surface area contributed by atoms with Gasteiger partial charge in [0.15, 0.2) is 8.32 Å². The first kappa shape index (κ1) is 21.2. The second-order valence-electron chi connectivity index (χ2n) is 5.62. The van der Waals surface area contributed by atoms with Crippen LogP contribution in [0.25, 0.3) is 0 Å². The number of nitrogens with one attached hydrogen (secondary N) is 1. The summed E-state index contributed by atoms with van der Waals surface area (Å²) in [6.45, 7) is 6.59. The van der Waals surface area contributed by atoms with Gasteiger partial charge in [0.1, 0.15) is 0 Å². The third kappa shape index (κ3) is 6.19. The number of anilines is 1. The Hall–Kier alpha value is 0.167. The van der Waals surface area contributed by atoms with Gasteiger partial charge in [0.2, 0.25) is 10.0 Å². The van der Waals surface area contributed by atoms with Crippen LogP contribution in [0.1, 0.15) is 32.4 Å². The molecule has 132 valence electrons. The van der Waals surface area contributed by atoms with Gasteiger partial charge in [-0.1, -0.05) is 61.0 Å². The molecule has 23 heavy (non-hydrogen) atoms. The van der Waals surface area contributed by atoms with Crippen molar-refractivity contribution in [3.05, 3.63) is 28.8 Å². The second-order valence-corrected chi connectivity index (χ2v) is 13.4. The molecule has 0 amide bonds. The molecule has 1 N–H and O–H groups in total. The molecule has 0 aliphatic heterocycles. The Labute approximate surface area is 159 Å². The van der Waals surface area contributed by atoms with E-state index < -0.39 is 18.3 Å².